The molecule has 13 heteroatoms. The van der Waals surface area contributed by atoms with E-state index >= 15 is 0 Å². The average molecular weight is 655 g/mol. The molecule has 1 fully saturated rings. The van der Waals surface area contributed by atoms with Gasteiger partial charge in [0.05, 0.1) is 29.5 Å². The second-order valence-electron chi connectivity index (χ2n) is 11.6. The Hall–Kier alpha value is -5.07. The van der Waals surface area contributed by atoms with Gasteiger partial charge in [-0.2, -0.15) is 0 Å². The van der Waals surface area contributed by atoms with Gasteiger partial charge < -0.3 is 20.7 Å². The third-order valence-electron chi connectivity index (χ3n) is 8.51. The fourth-order valence-corrected chi connectivity index (χ4v) is 6.26. The van der Waals surface area contributed by atoms with Gasteiger partial charge in [0.1, 0.15) is 16.9 Å². The van der Waals surface area contributed by atoms with Gasteiger partial charge in [0.25, 0.3) is 5.56 Å². The van der Waals surface area contributed by atoms with E-state index in [0.29, 0.717) is 69.8 Å². The summed E-state index contributed by atoms with van der Waals surface area (Å²) in [6.07, 6.45) is 3.04. The molecule has 0 aliphatic carbocycles. The third kappa shape index (κ3) is 6.09. The molecule has 0 saturated carbocycles. The summed E-state index contributed by atoms with van der Waals surface area (Å²) >= 11 is 7.07. The Morgan fingerprint density at radius 1 is 1.02 bits per heavy atom. The number of carbonyl (C=O) groups excluding carboxylic acids is 1. The van der Waals surface area contributed by atoms with Crippen LogP contribution in [0, 0.1) is 13.8 Å². The number of amides is 1. The van der Waals surface area contributed by atoms with Gasteiger partial charge in [-0.3, -0.25) is 23.7 Å². The summed E-state index contributed by atoms with van der Waals surface area (Å²) in [7, 11) is 4.64. The largest absolute Gasteiger partial charge is 0.480 e. The molecule has 47 heavy (non-hydrogen) atoms. The Balaban J connectivity index is 1.31. The lowest BCUT2D eigenvalue weighted by molar-refractivity contribution is -0.119. The summed E-state index contributed by atoms with van der Waals surface area (Å²) in [6, 6.07) is 13.4. The third-order valence-corrected chi connectivity index (χ3v) is 8.91. The molecule has 242 valence electrons. The monoisotopic (exact) mass is 654 g/mol. The molecule has 1 unspecified atom stereocenters. The molecule has 1 aliphatic rings. The molecule has 2 aromatic carbocycles. The molecule has 5 aromatic rings. The quantitative estimate of drug-likeness (QED) is 0.213. The molecule has 0 bridgehead atoms. The Labute approximate surface area is 275 Å². The van der Waals surface area contributed by atoms with Crippen molar-refractivity contribution in [3.8, 4) is 28.3 Å². The minimum Gasteiger partial charge on any atom is -0.480 e. The van der Waals surface area contributed by atoms with Crippen LogP contribution in [-0.4, -0.2) is 49.7 Å². The van der Waals surface area contributed by atoms with Gasteiger partial charge in [0, 0.05) is 62.2 Å². The van der Waals surface area contributed by atoms with Gasteiger partial charge in [-0.25, -0.2) is 14.8 Å². The van der Waals surface area contributed by atoms with Crippen LogP contribution in [0.3, 0.4) is 0 Å². The van der Waals surface area contributed by atoms with Crippen molar-refractivity contribution in [1.82, 2.24) is 34.7 Å². The number of nitrogens with zero attached hydrogens (tertiary/aromatic N) is 5. The highest BCUT2D eigenvalue weighted by molar-refractivity contribution is 6.36. The highest BCUT2D eigenvalue weighted by Crippen LogP contribution is 2.39. The van der Waals surface area contributed by atoms with Crippen molar-refractivity contribution < 1.29 is 9.53 Å². The molecule has 12 nitrogen and oxygen atoms in total. The Kier molecular flexibility index (Phi) is 8.80. The fourth-order valence-electron chi connectivity index (χ4n) is 5.94. The van der Waals surface area contributed by atoms with Crippen LogP contribution in [0.4, 0.5) is 11.5 Å². The van der Waals surface area contributed by atoms with E-state index in [2.05, 4.69) is 25.9 Å². The number of carbonyl (C=O) groups is 1. The summed E-state index contributed by atoms with van der Waals surface area (Å²) < 4.78 is 8.11. The first-order chi connectivity index (χ1) is 22.6. The van der Waals surface area contributed by atoms with Gasteiger partial charge in [0.2, 0.25) is 11.8 Å². The number of methoxy groups -OCH3 is 1. The van der Waals surface area contributed by atoms with Gasteiger partial charge in [0.15, 0.2) is 0 Å². The van der Waals surface area contributed by atoms with E-state index in [0.717, 1.165) is 33.4 Å². The lowest BCUT2D eigenvalue weighted by Gasteiger charge is -2.17. The molecule has 3 aromatic heterocycles. The maximum atomic E-state index is 13.2. The SMILES string of the molecule is COc1nc(-c2cccc(-c3cccc(Nc4nc(C)cc5c4c(=O)n(C)c(=O)n5C)c3C)c2Cl)cnc1CNCC1CCC(=O)N1. The first-order valence-electron chi connectivity index (χ1n) is 15.2. The molecule has 6 rings (SSSR count). The van der Waals surface area contributed by atoms with E-state index in [1.165, 1.54) is 11.6 Å². The van der Waals surface area contributed by atoms with E-state index in [1.54, 1.807) is 26.4 Å². The topological polar surface area (TPSA) is 145 Å². The number of rotatable bonds is 9. The molecule has 0 radical (unpaired) electrons. The number of pyridine rings is 1. The zero-order valence-electron chi connectivity index (χ0n) is 26.8. The molecule has 4 heterocycles. The highest BCUT2D eigenvalue weighted by atomic mass is 35.5. The molecular weight excluding hydrogens is 620 g/mol. The normalized spacial score (nSPS) is 14.4. The van der Waals surface area contributed by atoms with E-state index in [-0.39, 0.29) is 11.9 Å². The number of aryl methyl sites for hydroxylation is 2. The number of hydrogen-bond acceptors (Lipinski definition) is 9. The maximum absolute atomic E-state index is 13.2. The van der Waals surface area contributed by atoms with Crippen molar-refractivity contribution in [3.63, 3.8) is 0 Å². The molecule has 1 amide bonds. The Morgan fingerprint density at radius 2 is 1.77 bits per heavy atom. The molecule has 3 N–H and O–H groups in total. The lowest BCUT2D eigenvalue weighted by atomic mass is 9.96. The van der Waals surface area contributed by atoms with E-state index in [1.807, 2.05) is 50.2 Å². The smallest absolute Gasteiger partial charge is 0.330 e. The van der Waals surface area contributed by atoms with Gasteiger partial charge >= 0.3 is 5.69 Å². The fraction of sp³-hybridized carbons (Fsp3) is 0.294. The van der Waals surface area contributed by atoms with Crippen LogP contribution in [-0.2, 0) is 25.4 Å². The summed E-state index contributed by atoms with van der Waals surface area (Å²) in [4.78, 5) is 51.3. The predicted molar refractivity (Wildman–Crippen MR) is 182 cm³/mol. The predicted octanol–water partition coefficient (Wildman–Crippen LogP) is 4.15. The Bertz CT molecular complexity index is 2160. The zero-order chi connectivity index (χ0) is 33.4. The van der Waals surface area contributed by atoms with Crippen molar-refractivity contribution >= 4 is 39.9 Å². The van der Waals surface area contributed by atoms with Crippen molar-refractivity contribution in [2.45, 2.75) is 39.3 Å². The number of benzene rings is 2. The number of aromatic nitrogens is 5. The molecule has 1 saturated heterocycles. The van der Waals surface area contributed by atoms with E-state index < -0.39 is 11.2 Å². The first-order valence-corrected chi connectivity index (χ1v) is 15.6. The maximum Gasteiger partial charge on any atom is 0.330 e. The summed E-state index contributed by atoms with van der Waals surface area (Å²) in [5, 5.41) is 10.4. The van der Waals surface area contributed by atoms with Gasteiger partial charge in [-0.15, -0.1) is 0 Å². The van der Waals surface area contributed by atoms with Crippen LogP contribution < -0.4 is 31.9 Å². The summed E-state index contributed by atoms with van der Waals surface area (Å²) in [5.41, 5.74) is 5.50. The highest BCUT2D eigenvalue weighted by Gasteiger charge is 2.21. The summed E-state index contributed by atoms with van der Waals surface area (Å²) in [6.45, 7) is 4.85. The van der Waals surface area contributed by atoms with Gasteiger partial charge in [-0.1, -0.05) is 41.9 Å². The standard InChI is InChI=1S/C34H35ClN8O4/c1-18-14-27-29(33(45)43(4)34(46)42(27)3)31(38-18)40-24-11-7-8-21(19(24)2)22-9-6-10-23(30(22)35)25-17-37-26(32(41-25)47-5)16-36-15-20-12-13-28(44)39-20/h6-11,14,17,20,36H,12-13,15-16H2,1-5H3,(H,38,40)(H,39,44). The van der Waals surface area contributed by atoms with Crippen LogP contribution in [0.25, 0.3) is 33.3 Å². The zero-order valence-corrected chi connectivity index (χ0v) is 27.5. The van der Waals surface area contributed by atoms with Crippen LogP contribution in [0.1, 0.15) is 29.8 Å². The van der Waals surface area contributed by atoms with E-state index in [4.69, 9.17) is 21.3 Å². The second-order valence-corrected chi connectivity index (χ2v) is 12.0. The van der Waals surface area contributed by atoms with Crippen LogP contribution in [0.5, 0.6) is 5.88 Å². The second kappa shape index (κ2) is 13.0. The minimum atomic E-state index is -0.427. The number of ether oxygens (including phenoxy) is 1. The molecular formula is C34H35ClN8O4. The lowest BCUT2D eigenvalue weighted by Crippen LogP contribution is -2.37. The minimum absolute atomic E-state index is 0.0777. The van der Waals surface area contributed by atoms with Gasteiger partial charge in [-0.05, 0) is 43.5 Å². The van der Waals surface area contributed by atoms with E-state index in [9.17, 15) is 14.4 Å². The first kappa shape index (κ1) is 31.9. The molecule has 0 spiro atoms. The van der Waals surface area contributed by atoms with Crippen molar-refractivity contribution in [3.05, 3.63) is 91.5 Å². The number of fused-ring (bicyclic) bond motifs is 1. The summed E-state index contributed by atoms with van der Waals surface area (Å²) in [5.74, 6) is 0.825. The van der Waals surface area contributed by atoms with Crippen molar-refractivity contribution in [2.75, 3.05) is 19.0 Å². The van der Waals surface area contributed by atoms with Crippen molar-refractivity contribution in [1.29, 1.82) is 0 Å². The molecule has 1 aliphatic heterocycles. The van der Waals surface area contributed by atoms with Crippen LogP contribution >= 0.6 is 11.6 Å². The number of halogens is 1. The van der Waals surface area contributed by atoms with Crippen LogP contribution in [0.2, 0.25) is 5.02 Å². The average Bonchev–Trinajstić information content (AvgIpc) is 3.48. The van der Waals surface area contributed by atoms with Crippen molar-refractivity contribution in [2.24, 2.45) is 14.1 Å². The molecule has 1 atom stereocenters. The number of hydrogen-bond donors (Lipinski definition) is 3. The number of anilines is 2. The van der Waals surface area contributed by atoms with Crippen LogP contribution in [0.15, 0.2) is 58.3 Å². The Morgan fingerprint density at radius 3 is 2.51 bits per heavy atom. The number of nitrogens with one attached hydrogen (secondary N) is 3.